The summed E-state index contributed by atoms with van der Waals surface area (Å²) < 4.78 is 2.38. The number of hydrogen-bond donors (Lipinski definition) is 0. The van der Waals surface area contributed by atoms with Gasteiger partial charge in [0, 0.05) is 34.7 Å². The second-order valence-electron chi connectivity index (χ2n) is 3.00. The molecule has 0 aromatic carbocycles. The first-order valence-electron chi connectivity index (χ1n) is 5.00. The Labute approximate surface area is 112 Å². The van der Waals surface area contributed by atoms with E-state index in [2.05, 4.69) is 9.97 Å². The van der Waals surface area contributed by atoms with Gasteiger partial charge in [0.2, 0.25) is 0 Å². The minimum atomic E-state index is 1.17. The van der Waals surface area contributed by atoms with Crippen LogP contribution in [0.15, 0.2) is 31.8 Å². The summed E-state index contributed by atoms with van der Waals surface area (Å²) in [6, 6.07) is 0. The van der Waals surface area contributed by atoms with Crippen LogP contribution in [0, 0.1) is 0 Å². The van der Waals surface area contributed by atoms with Crippen molar-refractivity contribution in [3.63, 3.8) is 0 Å². The van der Waals surface area contributed by atoms with E-state index in [4.69, 9.17) is 0 Å². The fourth-order valence-electron chi connectivity index (χ4n) is 1.09. The molecule has 0 unspecified atom stereocenters. The van der Waals surface area contributed by atoms with Gasteiger partial charge < -0.3 is 0 Å². The van der Waals surface area contributed by atoms with Crippen molar-refractivity contribution in [1.29, 1.82) is 0 Å². The molecule has 2 aromatic heterocycles. The van der Waals surface area contributed by atoms with E-state index >= 15 is 0 Å². The second-order valence-corrected chi connectivity index (χ2v) is 7.47. The molecule has 2 heterocycles. The van der Waals surface area contributed by atoms with Crippen molar-refractivity contribution in [2.45, 2.75) is 21.5 Å². The van der Waals surface area contributed by atoms with Crippen LogP contribution >= 0.6 is 46.2 Å². The van der Waals surface area contributed by atoms with Gasteiger partial charge in [-0.15, -0.1) is 22.7 Å². The Morgan fingerprint density at radius 1 is 0.875 bits per heavy atom. The van der Waals surface area contributed by atoms with Gasteiger partial charge in [0.25, 0.3) is 0 Å². The van der Waals surface area contributed by atoms with E-state index in [0.717, 1.165) is 0 Å². The summed E-state index contributed by atoms with van der Waals surface area (Å²) in [5.74, 6) is 2.35. The molecular formula is C10H12N2S4. The molecular weight excluding hydrogens is 276 g/mol. The summed E-state index contributed by atoms with van der Waals surface area (Å²) in [4.78, 5) is 8.49. The van der Waals surface area contributed by atoms with E-state index in [1.165, 1.54) is 33.0 Å². The van der Waals surface area contributed by atoms with Crippen LogP contribution < -0.4 is 0 Å². The minimum Gasteiger partial charge on any atom is -0.238 e. The predicted octanol–water partition coefficient (Wildman–Crippen LogP) is 4.26. The van der Waals surface area contributed by atoms with Crippen molar-refractivity contribution < 1.29 is 0 Å². The largest absolute Gasteiger partial charge is 0.238 e. The fraction of sp³-hybridized carbons (Fsp3) is 0.400. The Bertz CT molecular complexity index is 333. The Kier molecular flexibility index (Phi) is 5.68. The molecule has 0 saturated heterocycles. The summed E-state index contributed by atoms with van der Waals surface area (Å²) >= 11 is 7.17. The van der Waals surface area contributed by atoms with Crippen LogP contribution in [0.3, 0.4) is 0 Å². The summed E-state index contributed by atoms with van der Waals surface area (Å²) in [5.41, 5.74) is 0. The Morgan fingerprint density at radius 3 is 1.75 bits per heavy atom. The van der Waals surface area contributed by atoms with Crippen molar-refractivity contribution in [2.75, 3.05) is 11.5 Å². The van der Waals surface area contributed by atoms with Crippen LogP contribution in [-0.4, -0.2) is 21.5 Å². The topological polar surface area (TPSA) is 25.8 Å². The number of thiazole rings is 2. The molecule has 0 atom stereocenters. The average molecular weight is 288 g/mol. The normalized spacial score (nSPS) is 10.8. The molecule has 0 radical (unpaired) electrons. The van der Waals surface area contributed by atoms with Gasteiger partial charge in [-0.3, -0.25) is 0 Å². The van der Waals surface area contributed by atoms with Crippen molar-refractivity contribution in [3.05, 3.63) is 23.2 Å². The molecule has 0 N–H and O–H groups in total. The van der Waals surface area contributed by atoms with Crippen molar-refractivity contribution in [3.8, 4) is 0 Å². The molecule has 0 aliphatic heterocycles. The Hall–Kier alpha value is -0.0400. The summed E-state index contributed by atoms with van der Waals surface area (Å²) in [6.07, 6.45) is 6.24. The quantitative estimate of drug-likeness (QED) is 0.561. The zero-order chi connectivity index (χ0) is 11.1. The molecule has 86 valence electrons. The number of aromatic nitrogens is 2. The van der Waals surface area contributed by atoms with E-state index in [9.17, 15) is 0 Å². The van der Waals surface area contributed by atoms with Crippen molar-refractivity contribution in [2.24, 2.45) is 0 Å². The van der Waals surface area contributed by atoms with Crippen LogP contribution in [0.2, 0.25) is 0 Å². The first-order valence-corrected chi connectivity index (χ1v) is 8.73. The molecule has 6 heteroatoms. The molecule has 0 saturated carbocycles. The number of hydrogen-bond acceptors (Lipinski definition) is 6. The molecule has 2 nitrogen and oxygen atoms in total. The number of rotatable bonds is 7. The van der Waals surface area contributed by atoms with Gasteiger partial charge in [-0.2, -0.15) is 0 Å². The number of thioether (sulfide) groups is 2. The number of unbranched alkanes of at least 4 members (excludes halogenated alkanes) is 1. The number of nitrogens with zero attached hydrogens (tertiary/aromatic N) is 2. The third kappa shape index (κ3) is 4.45. The van der Waals surface area contributed by atoms with Gasteiger partial charge in [0.15, 0.2) is 0 Å². The van der Waals surface area contributed by atoms with Crippen LogP contribution in [0.4, 0.5) is 0 Å². The molecule has 0 spiro atoms. The Balaban J connectivity index is 1.49. The highest BCUT2D eigenvalue weighted by Crippen LogP contribution is 2.24. The highest BCUT2D eigenvalue weighted by Gasteiger charge is 1.98. The van der Waals surface area contributed by atoms with Crippen molar-refractivity contribution >= 4 is 46.2 Å². The highest BCUT2D eigenvalue weighted by molar-refractivity contribution is 8.01. The Morgan fingerprint density at radius 2 is 1.38 bits per heavy atom. The molecule has 0 aliphatic rings. The van der Waals surface area contributed by atoms with E-state index in [1.807, 2.05) is 46.7 Å². The zero-order valence-electron chi connectivity index (χ0n) is 8.67. The van der Waals surface area contributed by atoms with Crippen LogP contribution in [0.5, 0.6) is 0 Å². The first kappa shape index (κ1) is 12.4. The van der Waals surface area contributed by atoms with E-state index < -0.39 is 0 Å². The molecule has 0 aliphatic carbocycles. The summed E-state index contributed by atoms with van der Waals surface area (Å²) in [7, 11) is 0. The third-order valence-electron chi connectivity index (χ3n) is 1.81. The predicted molar refractivity (Wildman–Crippen MR) is 74.9 cm³/mol. The first-order chi connectivity index (χ1) is 7.95. The second kappa shape index (κ2) is 7.32. The van der Waals surface area contributed by atoms with Gasteiger partial charge >= 0.3 is 0 Å². The van der Waals surface area contributed by atoms with Gasteiger partial charge in [0.05, 0.1) is 0 Å². The maximum atomic E-state index is 4.24. The van der Waals surface area contributed by atoms with E-state index in [0.29, 0.717) is 0 Å². The lowest BCUT2D eigenvalue weighted by atomic mass is 10.4. The SMILES string of the molecule is c1csc(SCCCCSc2nccs2)n1. The summed E-state index contributed by atoms with van der Waals surface area (Å²) in [6.45, 7) is 0. The zero-order valence-corrected chi connectivity index (χ0v) is 11.9. The molecule has 16 heavy (non-hydrogen) atoms. The van der Waals surface area contributed by atoms with E-state index in [1.54, 1.807) is 22.7 Å². The maximum Gasteiger partial charge on any atom is 0.149 e. The van der Waals surface area contributed by atoms with Crippen LogP contribution in [-0.2, 0) is 0 Å². The lowest BCUT2D eigenvalue weighted by molar-refractivity contribution is 0.906. The maximum absolute atomic E-state index is 4.24. The minimum absolute atomic E-state index is 1.17. The lowest BCUT2D eigenvalue weighted by Gasteiger charge is -1.98. The fourth-order valence-corrected chi connectivity index (χ4v) is 4.50. The highest BCUT2D eigenvalue weighted by atomic mass is 32.2. The standard InChI is InChI=1S/C10H12N2S4/c1(5-13-9-11-3-7-15-9)2-6-14-10-12-4-8-16-10/h3-4,7-8H,1-2,5-6H2. The van der Waals surface area contributed by atoms with Gasteiger partial charge in [-0.1, -0.05) is 23.5 Å². The van der Waals surface area contributed by atoms with Crippen molar-refractivity contribution in [1.82, 2.24) is 9.97 Å². The average Bonchev–Trinajstić information content (AvgIpc) is 2.96. The van der Waals surface area contributed by atoms with Gasteiger partial charge in [0.1, 0.15) is 8.68 Å². The molecule has 2 aromatic rings. The molecule has 0 fully saturated rings. The smallest absolute Gasteiger partial charge is 0.149 e. The van der Waals surface area contributed by atoms with Gasteiger partial charge in [-0.25, -0.2) is 9.97 Å². The summed E-state index contributed by atoms with van der Waals surface area (Å²) in [5, 5.41) is 4.06. The van der Waals surface area contributed by atoms with Crippen LogP contribution in [0.25, 0.3) is 0 Å². The molecule has 0 bridgehead atoms. The monoisotopic (exact) mass is 288 g/mol. The van der Waals surface area contributed by atoms with Crippen LogP contribution in [0.1, 0.15) is 12.8 Å². The van der Waals surface area contributed by atoms with E-state index in [-0.39, 0.29) is 0 Å². The third-order valence-corrected chi connectivity index (χ3v) is 5.91. The van der Waals surface area contributed by atoms with Gasteiger partial charge in [-0.05, 0) is 12.8 Å². The molecule has 2 rings (SSSR count). The lowest BCUT2D eigenvalue weighted by Crippen LogP contribution is -1.83. The molecule has 0 amide bonds.